The number of nitro groups is 1. The molecule has 2 aromatic heterocycles. The van der Waals surface area contributed by atoms with Gasteiger partial charge in [-0.05, 0) is 25.1 Å². The molecule has 18 heavy (non-hydrogen) atoms. The SMILES string of the molecule is Cc1c([N+](=O)[O-])c2cccnc2c2ncccc12. The number of aromatic nitrogens is 2. The van der Waals surface area contributed by atoms with E-state index < -0.39 is 0 Å². The summed E-state index contributed by atoms with van der Waals surface area (Å²) in [6, 6.07) is 7.01. The molecule has 0 saturated carbocycles. The summed E-state index contributed by atoms with van der Waals surface area (Å²) < 4.78 is 0. The molecule has 0 spiro atoms. The van der Waals surface area contributed by atoms with Gasteiger partial charge in [0.2, 0.25) is 0 Å². The van der Waals surface area contributed by atoms with E-state index in [1.807, 2.05) is 6.07 Å². The molecule has 88 valence electrons. The lowest BCUT2D eigenvalue weighted by atomic mass is 10.0. The van der Waals surface area contributed by atoms with Crippen LogP contribution in [0.5, 0.6) is 0 Å². The number of nitrogens with zero attached hydrogens (tertiary/aromatic N) is 3. The van der Waals surface area contributed by atoms with Gasteiger partial charge >= 0.3 is 0 Å². The van der Waals surface area contributed by atoms with Gasteiger partial charge in [0.1, 0.15) is 5.52 Å². The van der Waals surface area contributed by atoms with Gasteiger partial charge in [-0.15, -0.1) is 0 Å². The van der Waals surface area contributed by atoms with Crippen LogP contribution in [0, 0.1) is 17.0 Å². The summed E-state index contributed by atoms with van der Waals surface area (Å²) in [7, 11) is 0. The predicted octanol–water partition coefficient (Wildman–Crippen LogP) is 3.00. The van der Waals surface area contributed by atoms with Gasteiger partial charge in [0.05, 0.1) is 15.8 Å². The number of aryl methyl sites for hydroxylation is 1. The maximum Gasteiger partial charge on any atom is 0.282 e. The molecule has 5 nitrogen and oxygen atoms in total. The Bertz CT molecular complexity index is 784. The van der Waals surface area contributed by atoms with E-state index in [1.54, 1.807) is 37.5 Å². The quantitative estimate of drug-likeness (QED) is 0.372. The average molecular weight is 239 g/mol. The van der Waals surface area contributed by atoms with Crippen molar-refractivity contribution >= 4 is 27.5 Å². The second-order valence-electron chi connectivity index (χ2n) is 4.03. The van der Waals surface area contributed by atoms with Crippen molar-refractivity contribution in [3.63, 3.8) is 0 Å². The lowest BCUT2D eigenvalue weighted by Crippen LogP contribution is -1.96. The molecule has 1 aromatic carbocycles. The summed E-state index contributed by atoms with van der Waals surface area (Å²) in [4.78, 5) is 19.4. The summed E-state index contributed by atoms with van der Waals surface area (Å²) in [6.45, 7) is 1.74. The van der Waals surface area contributed by atoms with Gasteiger partial charge in [0.15, 0.2) is 0 Å². The highest BCUT2D eigenvalue weighted by atomic mass is 16.6. The molecular weight excluding hydrogens is 230 g/mol. The van der Waals surface area contributed by atoms with E-state index in [0.29, 0.717) is 22.0 Å². The van der Waals surface area contributed by atoms with Crippen molar-refractivity contribution in [3.8, 4) is 0 Å². The largest absolute Gasteiger partial charge is 0.282 e. The van der Waals surface area contributed by atoms with E-state index in [2.05, 4.69) is 9.97 Å². The van der Waals surface area contributed by atoms with Crippen LogP contribution < -0.4 is 0 Å². The minimum Gasteiger partial charge on any atom is -0.258 e. The van der Waals surface area contributed by atoms with Crippen LogP contribution in [-0.4, -0.2) is 14.9 Å². The summed E-state index contributed by atoms with van der Waals surface area (Å²) in [5.74, 6) is 0. The number of hydrogen-bond acceptors (Lipinski definition) is 4. The molecule has 3 aromatic rings. The summed E-state index contributed by atoms with van der Waals surface area (Å²) in [6.07, 6.45) is 3.29. The molecule has 3 rings (SSSR count). The van der Waals surface area contributed by atoms with Gasteiger partial charge < -0.3 is 0 Å². The fourth-order valence-electron chi connectivity index (χ4n) is 2.25. The van der Waals surface area contributed by atoms with E-state index in [4.69, 9.17) is 0 Å². The molecule has 0 bridgehead atoms. The molecule has 2 heterocycles. The third kappa shape index (κ3) is 1.34. The third-order valence-corrected chi connectivity index (χ3v) is 3.04. The van der Waals surface area contributed by atoms with Crippen LogP contribution >= 0.6 is 0 Å². The number of nitro benzene ring substituents is 1. The second kappa shape index (κ2) is 3.73. The standard InChI is InChI=1S/C13H9N3O2/c1-8-9-4-2-6-14-11(9)12-10(5-3-7-15-12)13(8)16(17)18/h2-7H,1H3. The molecule has 5 heteroatoms. The normalized spacial score (nSPS) is 10.9. The van der Waals surface area contributed by atoms with E-state index >= 15 is 0 Å². The first-order chi connectivity index (χ1) is 8.70. The number of benzene rings is 1. The Hall–Kier alpha value is -2.56. The third-order valence-electron chi connectivity index (χ3n) is 3.04. The highest BCUT2D eigenvalue weighted by Crippen LogP contribution is 2.34. The molecule has 0 atom stereocenters. The number of pyridine rings is 2. The van der Waals surface area contributed by atoms with Gasteiger partial charge in [-0.25, -0.2) is 0 Å². The molecule has 0 fully saturated rings. The second-order valence-corrected chi connectivity index (χ2v) is 4.03. The molecular formula is C13H9N3O2. The van der Waals surface area contributed by atoms with E-state index in [9.17, 15) is 10.1 Å². The van der Waals surface area contributed by atoms with Crippen LogP contribution in [0.25, 0.3) is 21.8 Å². The Kier molecular flexibility index (Phi) is 2.19. The van der Waals surface area contributed by atoms with Gasteiger partial charge in [0.25, 0.3) is 5.69 Å². The van der Waals surface area contributed by atoms with Crippen LogP contribution in [0.2, 0.25) is 0 Å². The molecule has 0 N–H and O–H groups in total. The first-order valence-electron chi connectivity index (χ1n) is 5.46. The number of hydrogen-bond donors (Lipinski definition) is 0. The van der Waals surface area contributed by atoms with E-state index in [0.717, 1.165) is 5.39 Å². The molecule has 0 aliphatic heterocycles. The Morgan fingerprint density at radius 1 is 1.06 bits per heavy atom. The fourth-order valence-corrected chi connectivity index (χ4v) is 2.25. The van der Waals surface area contributed by atoms with Crippen molar-refractivity contribution in [2.24, 2.45) is 0 Å². The highest BCUT2D eigenvalue weighted by Gasteiger charge is 2.20. The van der Waals surface area contributed by atoms with Crippen LogP contribution in [0.1, 0.15) is 5.56 Å². The summed E-state index contributed by atoms with van der Waals surface area (Å²) >= 11 is 0. The smallest absolute Gasteiger partial charge is 0.258 e. The zero-order valence-electron chi connectivity index (χ0n) is 9.62. The van der Waals surface area contributed by atoms with E-state index in [-0.39, 0.29) is 10.6 Å². The van der Waals surface area contributed by atoms with Gasteiger partial charge in [-0.1, -0.05) is 6.07 Å². The van der Waals surface area contributed by atoms with Crippen molar-refractivity contribution in [1.82, 2.24) is 9.97 Å². The van der Waals surface area contributed by atoms with Gasteiger partial charge in [-0.2, -0.15) is 0 Å². The Labute approximate surface area is 102 Å². The first kappa shape index (κ1) is 10.6. The molecule has 0 saturated heterocycles. The Balaban J connectivity index is 2.66. The topological polar surface area (TPSA) is 68.9 Å². The van der Waals surface area contributed by atoms with Crippen LogP contribution in [-0.2, 0) is 0 Å². The van der Waals surface area contributed by atoms with E-state index in [1.165, 1.54) is 0 Å². The van der Waals surface area contributed by atoms with Crippen LogP contribution in [0.3, 0.4) is 0 Å². The molecule has 0 radical (unpaired) electrons. The molecule has 0 aliphatic rings. The first-order valence-corrected chi connectivity index (χ1v) is 5.46. The van der Waals surface area contributed by atoms with Gasteiger partial charge in [0, 0.05) is 23.3 Å². The van der Waals surface area contributed by atoms with Crippen molar-refractivity contribution in [3.05, 3.63) is 52.3 Å². The fraction of sp³-hybridized carbons (Fsp3) is 0.0769. The summed E-state index contributed by atoms with van der Waals surface area (Å²) in [5.41, 5.74) is 2.02. The molecule has 0 unspecified atom stereocenters. The monoisotopic (exact) mass is 239 g/mol. The minimum absolute atomic E-state index is 0.110. The van der Waals surface area contributed by atoms with Crippen LogP contribution in [0.15, 0.2) is 36.7 Å². The minimum atomic E-state index is -0.355. The zero-order valence-corrected chi connectivity index (χ0v) is 9.62. The van der Waals surface area contributed by atoms with Crippen molar-refractivity contribution in [2.45, 2.75) is 6.92 Å². The predicted molar refractivity (Wildman–Crippen MR) is 68.4 cm³/mol. The number of rotatable bonds is 1. The Morgan fingerprint density at radius 2 is 1.61 bits per heavy atom. The highest BCUT2D eigenvalue weighted by molar-refractivity contribution is 6.09. The Morgan fingerprint density at radius 3 is 2.22 bits per heavy atom. The lowest BCUT2D eigenvalue weighted by Gasteiger charge is -2.06. The average Bonchev–Trinajstić information content (AvgIpc) is 2.39. The summed E-state index contributed by atoms with van der Waals surface area (Å²) in [5, 5.41) is 12.5. The zero-order chi connectivity index (χ0) is 12.7. The maximum absolute atomic E-state index is 11.2. The molecule has 0 amide bonds. The van der Waals surface area contributed by atoms with Crippen molar-refractivity contribution in [1.29, 1.82) is 0 Å². The number of fused-ring (bicyclic) bond motifs is 3. The lowest BCUT2D eigenvalue weighted by molar-refractivity contribution is -0.383. The van der Waals surface area contributed by atoms with Crippen molar-refractivity contribution < 1.29 is 4.92 Å². The van der Waals surface area contributed by atoms with Gasteiger partial charge in [-0.3, -0.25) is 20.1 Å². The van der Waals surface area contributed by atoms with Crippen molar-refractivity contribution in [2.75, 3.05) is 0 Å². The molecule has 0 aliphatic carbocycles. The maximum atomic E-state index is 11.2. The van der Waals surface area contributed by atoms with Crippen LogP contribution in [0.4, 0.5) is 5.69 Å².